The monoisotopic (exact) mass is 2040 g/mol. The van der Waals surface area contributed by atoms with Crippen molar-refractivity contribution in [3.8, 4) is 0 Å². The molecule has 0 radical (unpaired) electrons. The molecule has 44 nitrogen and oxygen atoms in total. The molecular weight excluding hydrogens is 1850 g/mol. The topological polar surface area (TPSA) is 711 Å². The number of carboxylic acids is 4. The van der Waals surface area contributed by atoms with Gasteiger partial charge in [0.05, 0.1) is 112 Å². The van der Waals surface area contributed by atoms with Gasteiger partial charge in [-0.2, -0.15) is 0 Å². The molecule has 8 aliphatic heterocycles. The van der Waals surface area contributed by atoms with Crippen molar-refractivity contribution in [2.75, 3.05) is 79.3 Å². The van der Waals surface area contributed by atoms with Crippen LogP contribution in [-0.4, -0.2) is 316 Å². The van der Waals surface area contributed by atoms with Crippen molar-refractivity contribution in [1.82, 2.24) is 31.9 Å². The minimum atomic E-state index is -1.05. The highest BCUT2D eigenvalue weighted by atomic mass is 16.6. The molecule has 0 aromatic rings. The van der Waals surface area contributed by atoms with Crippen LogP contribution in [0.3, 0.4) is 0 Å². The Labute approximate surface area is 840 Å². The van der Waals surface area contributed by atoms with E-state index >= 15 is 0 Å². The molecule has 8 fully saturated rings. The van der Waals surface area contributed by atoms with Crippen LogP contribution in [0.1, 0.15) is 291 Å². The fraction of sp³-hybridized carbons (Fsp3) is 0.857. The van der Waals surface area contributed by atoms with E-state index in [-0.39, 0.29) is 116 Å². The van der Waals surface area contributed by atoms with Gasteiger partial charge in [0.2, 0.25) is 35.4 Å². The molecular formula is C98H182N14O30. The van der Waals surface area contributed by atoms with Crippen molar-refractivity contribution in [2.24, 2.45) is 81.4 Å². The molecule has 0 aliphatic carbocycles. The van der Waals surface area contributed by atoms with Gasteiger partial charge >= 0.3 is 47.8 Å². The molecule has 0 aromatic heterocycles. The summed E-state index contributed by atoms with van der Waals surface area (Å²) < 4.78 is 63.2. The average molecular weight is 2040 g/mol. The number of carbonyl (C=O) groups is 14. The van der Waals surface area contributed by atoms with Crippen LogP contribution in [0, 0.1) is 35.5 Å². The molecule has 8 aliphatic rings. The Morgan fingerprint density at radius 3 is 0.655 bits per heavy atom. The zero-order valence-corrected chi connectivity index (χ0v) is 87.5. The Kier molecular flexibility index (Phi) is 69.5. The predicted octanol–water partition coefficient (Wildman–Crippen LogP) is 4.06. The zero-order valence-electron chi connectivity index (χ0n) is 87.5. The Bertz CT molecular complexity index is 3590. The summed E-state index contributed by atoms with van der Waals surface area (Å²) in [6.07, 6.45) is 21.0. The molecule has 824 valence electrons. The molecule has 26 N–H and O–H groups in total. The van der Waals surface area contributed by atoms with Gasteiger partial charge in [0.1, 0.15) is 48.3 Å². The Balaban J connectivity index is 0.000000816. The summed E-state index contributed by atoms with van der Waals surface area (Å²) in [5.41, 5.74) is 45.7. The van der Waals surface area contributed by atoms with E-state index in [4.69, 9.17) is 123 Å². The first kappa shape index (κ1) is 132. The molecule has 0 aromatic carbocycles. The van der Waals surface area contributed by atoms with Crippen molar-refractivity contribution in [2.45, 2.75) is 424 Å². The number of amides is 6. The van der Waals surface area contributed by atoms with Crippen LogP contribution in [0.4, 0.5) is 0 Å². The molecule has 2 unspecified atom stereocenters. The fourth-order valence-electron chi connectivity index (χ4n) is 15.8. The lowest BCUT2D eigenvalue weighted by atomic mass is 9.98. The van der Waals surface area contributed by atoms with Crippen molar-refractivity contribution in [3.63, 3.8) is 0 Å². The van der Waals surface area contributed by atoms with Crippen LogP contribution in [0.2, 0.25) is 0 Å². The van der Waals surface area contributed by atoms with Crippen molar-refractivity contribution in [3.05, 3.63) is 0 Å². The van der Waals surface area contributed by atoms with Gasteiger partial charge in [-0.25, -0.2) is 28.8 Å². The second-order valence-electron chi connectivity index (χ2n) is 38.7. The smallest absolute Gasteiger partial charge is 0.328 e. The lowest BCUT2D eigenvalue weighted by molar-refractivity contribution is -0.149. The highest BCUT2D eigenvalue weighted by Gasteiger charge is 2.38. The number of hydrogen-bond acceptors (Lipinski definition) is 34. The molecule has 8 heterocycles. The first-order valence-electron chi connectivity index (χ1n) is 51.5. The number of nitrogens with two attached hydrogens (primary N) is 8. The molecule has 142 heavy (non-hydrogen) atoms. The third-order valence-electron chi connectivity index (χ3n) is 24.9. The highest BCUT2D eigenvalue weighted by molar-refractivity contribution is 5.91. The van der Waals surface area contributed by atoms with Crippen LogP contribution in [0.5, 0.6) is 0 Å². The van der Waals surface area contributed by atoms with E-state index in [0.29, 0.717) is 122 Å². The summed E-state index contributed by atoms with van der Waals surface area (Å²) in [5.74, 6) is -7.12. The molecule has 24 atom stereocenters. The number of carbonyl (C=O) groups excluding carboxylic acids is 10. The van der Waals surface area contributed by atoms with Gasteiger partial charge < -0.3 is 155 Å². The lowest BCUT2D eigenvalue weighted by Gasteiger charge is -2.24. The van der Waals surface area contributed by atoms with E-state index in [2.05, 4.69) is 31.9 Å². The normalized spacial score (nSPS) is 22.8. The van der Waals surface area contributed by atoms with E-state index in [1.54, 1.807) is 27.7 Å². The molecule has 8 saturated heterocycles. The van der Waals surface area contributed by atoms with Crippen molar-refractivity contribution in [1.29, 1.82) is 0 Å². The summed E-state index contributed by atoms with van der Waals surface area (Å²) in [5, 5.41) is 51.5. The standard InChI is InChI=1S/2C15H28N2O4.C14H26N2O4.2C13H24N2O4.C12H22N2O4.C9H17NO3.C7H13NO3/c1-4-20-15(19)13(9-11-6-5-7-21-11)17-14(18)12(16)8-10(2)3;1-4-10(3)13(16)14(18)17-12(15(19)20-5-2)9-11-7-6-8-21-11;1-4-19-14(18)11(8-10-6-5-7-20-10)16-13(17)12(15)9(2)3;1-8(2)6-10(14)12(16)15-11(13(17)18)7-9-4-3-5-19-9;1-3-8(2)11(14)12(16)15-10(13(17)18)7-9-5-4-6-19-9;1-7(2)10(13)11(15)14-9(12(16)17)6-8-4-3-5-18-8;1-2-12-9(11)8(10)6-7-4-3-5-13-7;8-6(7(9)10)4-5-2-1-3-11-5/h2*10-13H,4-9,16H2,1-3H3,(H,17,18);9-12H,4-8,15H2,1-3H3,(H,16,17);2*8-11H,3-7,14H2,1-2H3,(H,15,16)(H,17,18);7-10H,3-6,13H2,1-2H3,(H,14,15)(H,16,17);7-8H,2-6,10H2,1H3;5-6H,1-4,8H2,(H,9,10)/t11-,12-,13-;10?,11-,12-,13-;10-,11-,12-;9-,10-,11-;8?,9-,10-,11-;8-,9-,10-;7-,8-;5-,6-/m00000000/s1. The SMILES string of the molecule is CC(C)C[C@H](N)C(=O)N[C@@H](C[C@@H]1CCCO1)C(=O)O.CC(C)[C@H](N)C(=O)N[C@@H](C[C@@H]1CCCO1)C(=O)O.CCC(C)[C@H](N)C(=O)N[C@@H](C[C@@H]1CCCO1)C(=O)O.CCOC(=O)[C@@H](N)C[C@@H]1CCCO1.CCOC(=O)[C@H](C[C@@H]1CCCO1)NC(=O)[C@@H](N)C(C)C.CCOC(=O)[C@H](C[C@@H]1CCCO1)NC(=O)[C@@H](N)C(C)CC.CCOC(=O)[C@H](C[C@@H]1CCCO1)NC(=O)[C@@H](N)CC(C)C.N[C@@H](C[C@@H]1CCCO1)C(=O)O. The second-order valence-corrected chi connectivity index (χ2v) is 38.7. The second kappa shape index (κ2) is 74.8. The number of aliphatic carboxylic acids is 4. The number of rotatable bonds is 50. The summed E-state index contributed by atoms with van der Waals surface area (Å²) >= 11 is 0. The van der Waals surface area contributed by atoms with E-state index in [1.807, 2.05) is 83.1 Å². The van der Waals surface area contributed by atoms with Crippen LogP contribution in [0.15, 0.2) is 0 Å². The van der Waals surface area contributed by atoms with E-state index in [9.17, 15) is 67.1 Å². The Hall–Kier alpha value is -8.06. The number of ether oxygens (including phenoxy) is 12. The quantitative estimate of drug-likeness (QED) is 0.0301. The largest absolute Gasteiger partial charge is 0.480 e. The van der Waals surface area contributed by atoms with Gasteiger partial charge in [-0.1, -0.05) is 95.9 Å². The maximum atomic E-state index is 12.2. The fourth-order valence-corrected chi connectivity index (χ4v) is 15.8. The Morgan fingerprint density at radius 2 is 0.458 bits per heavy atom. The van der Waals surface area contributed by atoms with Crippen molar-refractivity contribution < 1.29 is 144 Å². The van der Waals surface area contributed by atoms with Gasteiger partial charge in [-0.3, -0.25) is 38.4 Å². The molecule has 8 rings (SSSR count). The van der Waals surface area contributed by atoms with Gasteiger partial charge in [0.15, 0.2) is 0 Å². The van der Waals surface area contributed by atoms with E-state index < -0.39 is 144 Å². The van der Waals surface area contributed by atoms with Crippen LogP contribution < -0.4 is 77.8 Å². The molecule has 0 saturated carbocycles. The minimum absolute atomic E-state index is 0.0000180. The van der Waals surface area contributed by atoms with Gasteiger partial charge in [0.25, 0.3) is 0 Å². The average Bonchev–Trinajstić information content (AvgIpc) is 1.57. The van der Waals surface area contributed by atoms with Crippen molar-refractivity contribution >= 4 is 83.2 Å². The molecule has 6 amide bonds. The summed E-state index contributed by atoms with van der Waals surface area (Å²) in [6.45, 7) is 36.9. The molecule has 44 heteroatoms. The molecule has 0 spiro atoms. The first-order valence-corrected chi connectivity index (χ1v) is 51.5. The Morgan fingerprint density at radius 1 is 0.261 bits per heavy atom. The third kappa shape index (κ3) is 56.6. The van der Waals surface area contributed by atoms with Gasteiger partial charge in [-0.05, 0) is 192 Å². The van der Waals surface area contributed by atoms with E-state index in [0.717, 1.165) is 129 Å². The van der Waals surface area contributed by atoms with Crippen LogP contribution in [-0.2, 0) is 124 Å². The predicted molar refractivity (Wildman–Crippen MR) is 529 cm³/mol. The number of nitrogens with one attached hydrogen (secondary N) is 6. The summed E-state index contributed by atoms with van der Waals surface area (Å²) in [7, 11) is 0. The minimum Gasteiger partial charge on any atom is -0.480 e. The summed E-state index contributed by atoms with van der Waals surface area (Å²) in [4.78, 5) is 162. The van der Waals surface area contributed by atoms with Gasteiger partial charge in [0, 0.05) is 91.4 Å². The van der Waals surface area contributed by atoms with E-state index in [1.165, 1.54) is 0 Å². The van der Waals surface area contributed by atoms with Gasteiger partial charge in [-0.15, -0.1) is 0 Å². The number of carboxylic acid groups (broad SMARTS) is 4. The van der Waals surface area contributed by atoms with Crippen LogP contribution in [0.25, 0.3) is 0 Å². The number of hydrogen-bond donors (Lipinski definition) is 18. The maximum absolute atomic E-state index is 12.2. The van der Waals surface area contributed by atoms with Crippen LogP contribution >= 0.6 is 0 Å². The maximum Gasteiger partial charge on any atom is 0.328 e. The number of esters is 4. The highest BCUT2D eigenvalue weighted by Crippen LogP contribution is 2.26. The zero-order chi connectivity index (χ0) is 107. The first-order chi connectivity index (χ1) is 67.1. The molecule has 0 bridgehead atoms. The lowest BCUT2D eigenvalue weighted by Crippen LogP contribution is -2.51. The third-order valence-corrected chi connectivity index (χ3v) is 24.9. The summed E-state index contributed by atoms with van der Waals surface area (Å²) in [6, 6.07) is -9.98.